The Balaban J connectivity index is 1.89. The maximum Gasteiger partial charge on any atom is 0.123 e. The summed E-state index contributed by atoms with van der Waals surface area (Å²) in [4.78, 5) is 0. The Morgan fingerprint density at radius 1 is 0.636 bits per heavy atom. The van der Waals surface area contributed by atoms with E-state index < -0.39 is 0 Å². The molecule has 0 aliphatic carbocycles. The monoisotopic (exact) mass is 298 g/mol. The molecular weight excluding hydrogens is 280 g/mol. The Hall–Kier alpha value is -2.88. The second-order valence-electron chi connectivity index (χ2n) is 4.87. The highest BCUT2D eigenvalue weighted by Gasteiger charge is 1.98. The van der Waals surface area contributed by atoms with E-state index in [1.807, 2.05) is 12.2 Å². The summed E-state index contributed by atoms with van der Waals surface area (Å²) in [5.74, 6) is 0.456. The van der Waals surface area contributed by atoms with Crippen molar-refractivity contribution < 1.29 is 20.4 Å². The molecule has 0 bridgehead atoms. The minimum absolute atomic E-state index is 0.108. The lowest BCUT2D eigenvalue weighted by molar-refractivity contribution is 0.459. The molecule has 0 saturated carbocycles. The molecule has 4 heteroatoms. The lowest BCUT2D eigenvalue weighted by atomic mass is 10.1. The van der Waals surface area contributed by atoms with Gasteiger partial charge in [-0.05, 0) is 49.2 Å². The summed E-state index contributed by atoms with van der Waals surface area (Å²) in [6.45, 7) is 0. The maximum absolute atomic E-state index is 9.62. The van der Waals surface area contributed by atoms with Gasteiger partial charge in [0.1, 0.15) is 23.0 Å². The van der Waals surface area contributed by atoms with Crippen molar-refractivity contribution >= 4 is 12.2 Å². The molecule has 0 aliphatic rings. The largest absolute Gasteiger partial charge is 0.508 e. The van der Waals surface area contributed by atoms with E-state index >= 15 is 0 Å². The number of phenolic OH excluding ortho intramolecular Hbond substituents is 4. The van der Waals surface area contributed by atoms with Crippen molar-refractivity contribution in [1.29, 1.82) is 0 Å². The van der Waals surface area contributed by atoms with E-state index in [1.54, 1.807) is 12.2 Å². The van der Waals surface area contributed by atoms with Crippen LogP contribution < -0.4 is 0 Å². The number of hydrogen-bond acceptors (Lipinski definition) is 4. The average Bonchev–Trinajstić information content (AvgIpc) is 2.49. The molecule has 0 amide bonds. The normalized spacial score (nSPS) is 11.5. The number of allylic oxidation sites excluding steroid dienone is 2. The van der Waals surface area contributed by atoms with Crippen LogP contribution in [0.2, 0.25) is 0 Å². The van der Waals surface area contributed by atoms with Gasteiger partial charge < -0.3 is 20.4 Å². The van der Waals surface area contributed by atoms with Crippen molar-refractivity contribution in [3.05, 3.63) is 59.7 Å². The minimum Gasteiger partial charge on any atom is -0.508 e. The van der Waals surface area contributed by atoms with Crippen molar-refractivity contribution in [3.8, 4) is 23.0 Å². The van der Waals surface area contributed by atoms with Crippen LogP contribution in [0, 0.1) is 0 Å². The summed E-state index contributed by atoms with van der Waals surface area (Å²) in [6.07, 6.45) is 8.75. The van der Waals surface area contributed by atoms with E-state index in [-0.39, 0.29) is 23.0 Å². The van der Waals surface area contributed by atoms with Gasteiger partial charge in [-0.15, -0.1) is 0 Å². The van der Waals surface area contributed by atoms with Crippen LogP contribution in [0.25, 0.3) is 12.2 Å². The number of aromatic hydroxyl groups is 4. The molecule has 2 aromatic rings. The van der Waals surface area contributed by atoms with Gasteiger partial charge in [0.2, 0.25) is 0 Å². The molecule has 0 heterocycles. The third-order valence-electron chi connectivity index (χ3n) is 3.12. The highest BCUT2D eigenvalue weighted by molar-refractivity contribution is 5.60. The molecule has 2 rings (SSSR count). The second-order valence-corrected chi connectivity index (χ2v) is 4.87. The topological polar surface area (TPSA) is 80.9 Å². The van der Waals surface area contributed by atoms with Gasteiger partial charge in [-0.25, -0.2) is 0 Å². The highest BCUT2D eigenvalue weighted by atomic mass is 16.3. The van der Waals surface area contributed by atoms with E-state index in [0.29, 0.717) is 11.1 Å². The first-order valence-corrected chi connectivity index (χ1v) is 6.93. The third-order valence-corrected chi connectivity index (χ3v) is 3.12. The summed E-state index contributed by atoms with van der Waals surface area (Å²) in [7, 11) is 0. The fourth-order valence-corrected chi connectivity index (χ4v) is 1.96. The SMILES string of the molecule is Oc1ccc(O)c(/C=C/CC/C=C/c2cc(O)ccc2O)c1. The third kappa shape index (κ3) is 4.31. The van der Waals surface area contributed by atoms with Gasteiger partial charge in [-0.1, -0.05) is 24.3 Å². The van der Waals surface area contributed by atoms with Gasteiger partial charge in [0.25, 0.3) is 0 Å². The number of unbranched alkanes of at least 4 members (excludes halogenated alkanes) is 1. The fraction of sp³-hybridized carbons (Fsp3) is 0.111. The molecule has 114 valence electrons. The molecule has 4 N–H and O–H groups in total. The molecule has 0 aliphatic heterocycles. The quantitative estimate of drug-likeness (QED) is 0.496. The molecule has 0 unspecified atom stereocenters. The standard InChI is InChI=1S/C18H18O4/c19-15-7-9-17(21)13(11-15)5-3-1-2-4-6-14-12-16(20)8-10-18(14)22/h3-12,19-22H,1-2H2/b5-3+,6-4+. The van der Waals surface area contributed by atoms with Crippen LogP contribution in [0.1, 0.15) is 24.0 Å². The minimum atomic E-state index is 0.108. The molecule has 0 radical (unpaired) electrons. The first kappa shape index (κ1) is 15.5. The molecule has 0 fully saturated rings. The summed E-state index contributed by atoms with van der Waals surface area (Å²) in [5, 5.41) is 37.9. The van der Waals surface area contributed by atoms with E-state index in [9.17, 15) is 20.4 Å². The van der Waals surface area contributed by atoms with Crippen molar-refractivity contribution in [2.75, 3.05) is 0 Å². The molecule has 0 saturated heterocycles. The Bertz CT molecular complexity index is 641. The van der Waals surface area contributed by atoms with Crippen molar-refractivity contribution in [1.82, 2.24) is 0 Å². The van der Waals surface area contributed by atoms with Crippen LogP contribution in [0.3, 0.4) is 0 Å². The molecule has 0 aromatic heterocycles. The molecule has 0 spiro atoms. The first-order chi connectivity index (χ1) is 10.6. The number of phenols is 4. The molecular formula is C18H18O4. The lowest BCUT2D eigenvalue weighted by Crippen LogP contribution is -1.76. The second kappa shape index (κ2) is 7.22. The van der Waals surface area contributed by atoms with Gasteiger partial charge >= 0.3 is 0 Å². The first-order valence-electron chi connectivity index (χ1n) is 6.93. The maximum atomic E-state index is 9.62. The number of hydrogen-bond donors (Lipinski definition) is 4. The summed E-state index contributed by atoms with van der Waals surface area (Å²) in [6, 6.07) is 8.73. The summed E-state index contributed by atoms with van der Waals surface area (Å²) in [5.41, 5.74) is 1.13. The van der Waals surface area contributed by atoms with Gasteiger partial charge in [0.05, 0.1) is 0 Å². The van der Waals surface area contributed by atoms with Crippen molar-refractivity contribution in [2.45, 2.75) is 12.8 Å². The van der Waals surface area contributed by atoms with E-state index in [2.05, 4.69) is 0 Å². The smallest absolute Gasteiger partial charge is 0.123 e. The van der Waals surface area contributed by atoms with Crippen LogP contribution in [0.4, 0.5) is 0 Å². The fourth-order valence-electron chi connectivity index (χ4n) is 1.96. The van der Waals surface area contributed by atoms with Crippen molar-refractivity contribution in [3.63, 3.8) is 0 Å². The Kier molecular flexibility index (Phi) is 5.09. The Morgan fingerprint density at radius 2 is 1.05 bits per heavy atom. The van der Waals surface area contributed by atoms with E-state index in [4.69, 9.17) is 0 Å². The van der Waals surface area contributed by atoms with Crippen molar-refractivity contribution in [2.24, 2.45) is 0 Å². The number of benzene rings is 2. The van der Waals surface area contributed by atoms with E-state index in [1.165, 1.54) is 36.4 Å². The lowest BCUT2D eigenvalue weighted by Gasteiger charge is -2.00. The average molecular weight is 298 g/mol. The van der Waals surface area contributed by atoms with Gasteiger partial charge in [0.15, 0.2) is 0 Å². The molecule has 22 heavy (non-hydrogen) atoms. The highest BCUT2D eigenvalue weighted by Crippen LogP contribution is 2.24. The molecule has 4 nitrogen and oxygen atoms in total. The summed E-state index contributed by atoms with van der Waals surface area (Å²) >= 11 is 0. The van der Waals surface area contributed by atoms with E-state index in [0.717, 1.165) is 12.8 Å². The van der Waals surface area contributed by atoms with Gasteiger partial charge in [-0.3, -0.25) is 0 Å². The zero-order valence-electron chi connectivity index (χ0n) is 12.0. The van der Waals surface area contributed by atoms with Crippen LogP contribution in [-0.2, 0) is 0 Å². The van der Waals surface area contributed by atoms with Gasteiger partial charge in [0, 0.05) is 11.1 Å². The van der Waals surface area contributed by atoms with Crippen LogP contribution >= 0.6 is 0 Å². The zero-order chi connectivity index (χ0) is 15.9. The Morgan fingerprint density at radius 3 is 1.45 bits per heavy atom. The van der Waals surface area contributed by atoms with Crippen LogP contribution in [0.5, 0.6) is 23.0 Å². The zero-order valence-corrected chi connectivity index (χ0v) is 12.0. The Labute approximate surface area is 128 Å². The number of rotatable bonds is 5. The predicted octanol–water partition coefficient (Wildman–Crippen LogP) is 4.02. The predicted molar refractivity (Wildman–Crippen MR) is 86.8 cm³/mol. The van der Waals surface area contributed by atoms with Crippen LogP contribution in [0.15, 0.2) is 48.6 Å². The summed E-state index contributed by atoms with van der Waals surface area (Å²) < 4.78 is 0. The van der Waals surface area contributed by atoms with Gasteiger partial charge in [-0.2, -0.15) is 0 Å². The molecule has 0 atom stereocenters. The molecule has 2 aromatic carbocycles. The van der Waals surface area contributed by atoms with Crippen LogP contribution in [-0.4, -0.2) is 20.4 Å².